The molecule has 24 heavy (non-hydrogen) atoms. The average Bonchev–Trinajstić information content (AvgIpc) is 2.47. The summed E-state index contributed by atoms with van der Waals surface area (Å²) in [7, 11) is 1.57. The first-order valence-electron chi connectivity index (χ1n) is 7.25. The van der Waals surface area contributed by atoms with E-state index in [1.54, 1.807) is 13.2 Å². The van der Waals surface area contributed by atoms with Crippen molar-refractivity contribution in [1.82, 2.24) is 10.2 Å². The molecule has 1 aliphatic heterocycles. The number of halogens is 6. The fraction of sp³-hybridized carbons (Fsp3) is 0.600. The highest BCUT2D eigenvalue weighted by molar-refractivity contribution is 9.10. The summed E-state index contributed by atoms with van der Waals surface area (Å²) in [4.78, 5) is 2.12. The highest BCUT2D eigenvalue weighted by atomic mass is 79.9. The number of methoxy groups -OCH3 is 1. The molecule has 1 heterocycles. The van der Waals surface area contributed by atoms with Crippen molar-refractivity contribution in [3.05, 3.63) is 28.2 Å². The number of rotatable bonds is 5. The first kappa shape index (κ1) is 23.8. The molecule has 0 spiro atoms. The van der Waals surface area contributed by atoms with Gasteiger partial charge in [0.1, 0.15) is 5.75 Å². The second-order valence-electron chi connectivity index (χ2n) is 5.35. The summed E-state index contributed by atoms with van der Waals surface area (Å²) in [6, 6.07) is 5.28. The van der Waals surface area contributed by atoms with E-state index in [4.69, 9.17) is 4.74 Å². The van der Waals surface area contributed by atoms with Gasteiger partial charge in [0.05, 0.1) is 11.6 Å². The van der Waals surface area contributed by atoms with E-state index in [-0.39, 0.29) is 37.3 Å². The largest absolute Gasteiger partial charge is 0.496 e. The Morgan fingerprint density at radius 2 is 1.88 bits per heavy atom. The summed E-state index contributed by atoms with van der Waals surface area (Å²) in [5.41, 5.74) is 0.888. The van der Waals surface area contributed by atoms with Crippen LogP contribution in [0, 0.1) is 0 Å². The van der Waals surface area contributed by atoms with Crippen LogP contribution in [-0.2, 0) is 0 Å². The van der Waals surface area contributed by atoms with Crippen molar-refractivity contribution >= 4 is 40.7 Å². The molecule has 0 bridgehead atoms. The molecule has 0 unspecified atom stereocenters. The Labute approximate surface area is 161 Å². The van der Waals surface area contributed by atoms with Crippen LogP contribution in [0.4, 0.5) is 13.2 Å². The Balaban J connectivity index is 0.00000264. The quantitative estimate of drug-likeness (QED) is 0.705. The van der Waals surface area contributed by atoms with Gasteiger partial charge in [0, 0.05) is 38.6 Å². The second kappa shape index (κ2) is 10.7. The Hall–Kier alpha value is -0.210. The average molecular weight is 454 g/mol. The van der Waals surface area contributed by atoms with Crippen LogP contribution in [0.15, 0.2) is 22.7 Å². The second-order valence-corrected chi connectivity index (χ2v) is 6.20. The maximum absolute atomic E-state index is 12.6. The van der Waals surface area contributed by atoms with Crippen molar-refractivity contribution < 1.29 is 17.9 Å². The molecule has 1 aliphatic rings. The molecule has 0 amide bonds. The zero-order valence-electron chi connectivity index (χ0n) is 13.2. The van der Waals surface area contributed by atoms with Gasteiger partial charge >= 0.3 is 6.18 Å². The minimum absolute atomic E-state index is 0. The first-order valence-corrected chi connectivity index (χ1v) is 8.05. The smallest absolute Gasteiger partial charge is 0.389 e. The van der Waals surface area contributed by atoms with Crippen molar-refractivity contribution in [2.45, 2.75) is 25.1 Å². The molecule has 9 heteroatoms. The molecule has 0 aromatic heterocycles. The third kappa shape index (κ3) is 6.96. The van der Waals surface area contributed by atoms with E-state index in [0.29, 0.717) is 5.75 Å². The Morgan fingerprint density at radius 3 is 2.38 bits per heavy atom. The molecule has 3 nitrogen and oxygen atoms in total. The van der Waals surface area contributed by atoms with Gasteiger partial charge in [0.15, 0.2) is 0 Å². The van der Waals surface area contributed by atoms with Gasteiger partial charge in [-0.3, -0.25) is 4.90 Å². The highest BCUT2D eigenvalue weighted by Gasteiger charge is 2.31. The first-order chi connectivity index (χ1) is 10.4. The summed E-state index contributed by atoms with van der Waals surface area (Å²) in [5, 5.41) is 3.23. The molecule has 2 rings (SSSR count). The lowest BCUT2D eigenvalue weighted by Gasteiger charge is -2.35. The predicted octanol–water partition coefficient (Wildman–Crippen LogP) is 4.59. The lowest BCUT2D eigenvalue weighted by molar-refractivity contribution is -0.138. The molecule has 0 radical (unpaired) electrons. The van der Waals surface area contributed by atoms with Crippen LogP contribution >= 0.6 is 40.7 Å². The van der Waals surface area contributed by atoms with Crippen molar-refractivity contribution in [2.75, 3.05) is 33.3 Å². The van der Waals surface area contributed by atoms with Crippen LogP contribution in [0.5, 0.6) is 5.75 Å². The van der Waals surface area contributed by atoms with Gasteiger partial charge in [0.25, 0.3) is 0 Å². The number of nitrogens with zero attached hydrogens (tertiary/aromatic N) is 1. The van der Waals surface area contributed by atoms with E-state index in [9.17, 15) is 13.2 Å². The van der Waals surface area contributed by atoms with E-state index in [1.807, 2.05) is 12.1 Å². The standard InChI is InChI=1S/C15H20BrF3N2O.2ClH/c1-22-14-3-2-11(10-12(14)16)13(4-5-15(17,18)19)21-8-6-20-7-9-21;;/h2-3,10,13,20H,4-9H2,1H3;2*1H/t13-;;/m0../s1. The number of hydrogen-bond donors (Lipinski definition) is 1. The van der Waals surface area contributed by atoms with Crippen LogP contribution in [0.2, 0.25) is 0 Å². The molecule has 0 saturated carbocycles. The van der Waals surface area contributed by atoms with Crippen molar-refractivity contribution in [3.8, 4) is 5.75 Å². The van der Waals surface area contributed by atoms with E-state index < -0.39 is 12.6 Å². The lowest BCUT2D eigenvalue weighted by Crippen LogP contribution is -2.45. The highest BCUT2D eigenvalue weighted by Crippen LogP contribution is 2.35. The van der Waals surface area contributed by atoms with Gasteiger partial charge in [-0.25, -0.2) is 0 Å². The molecule has 1 atom stereocenters. The zero-order valence-corrected chi connectivity index (χ0v) is 16.5. The minimum atomic E-state index is -4.13. The van der Waals surface area contributed by atoms with E-state index in [1.165, 1.54) is 0 Å². The number of ether oxygens (including phenoxy) is 1. The van der Waals surface area contributed by atoms with Gasteiger partial charge in [-0.1, -0.05) is 6.07 Å². The number of piperazine rings is 1. The van der Waals surface area contributed by atoms with Crippen LogP contribution < -0.4 is 10.1 Å². The number of benzene rings is 1. The Morgan fingerprint density at radius 1 is 1.25 bits per heavy atom. The van der Waals surface area contributed by atoms with Gasteiger partial charge in [-0.2, -0.15) is 13.2 Å². The molecule has 0 aliphatic carbocycles. The van der Waals surface area contributed by atoms with Gasteiger partial charge in [-0.15, -0.1) is 24.8 Å². The lowest BCUT2D eigenvalue weighted by atomic mass is 9.99. The van der Waals surface area contributed by atoms with E-state index >= 15 is 0 Å². The third-order valence-corrected chi connectivity index (χ3v) is 4.47. The number of nitrogens with one attached hydrogen (secondary N) is 1. The summed E-state index contributed by atoms with van der Waals surface area (Å²) >= 11 is 3.41. The summed E-state index contributed by atoms with van der Waals surface area (Å²) in [6.07, 6.45) is -4.83. The fourth-order valence-electron chi connectivity index (χ4n) is 2.74. The molecule has 1 fully saturated rings. The fourth-order valence-corrected chi connectivity index (χ4v) is 3.30. The van der Waals surface area contributed by atoms with Gasteiger partial charge < -0.3 is 10.1 Å². The van der Waals surface area contributed by atoms with Crippen molar-refractivity contribution in [2.24, 2.45) is 0 Å². The van der Waals surface area contributed by atoms with Crippen LogP contribution in [0.1, 0.15) is 24.4 Å². The number of hydrogen-bond acceptors (Lipinski definition) is 3. The Bertz CT molecular complexity index is 500. The van der Waals surface area contributed by atoms with Crippen LogP contribution in [0.25, 0.3) is 0 Å². The third-order valence-electron chi connectivity index (χ3n) is 3.85. The molecule has 140 valence electrons. The SMILES string of the molecule is COc1ccc([C@H](CCC(F)(F)F)N2CCNCC2)cc1Br.Cl.Cl. The molecule has 1 saturated heterocycles. The van der Waals surface area contributed by atoms with Crippen molar-refractivity contribution in [3.63, 3.8) is 0 Å². The monoisotopic (exact) mass is 452 g/mol. The maximum atomic E-state index is 12.6. The maximum Gasteiger partial charge on any atom is 0.389 e. The predicted molar refractivity (Wildman–Crippen MR) is 97.7 cm³/mol. The van der Waals surface area contributed by atoms with Gasteiger partial charge in [0.2, 0.25) is 0 Å². The summed E-state index contributed by atoms with van der Waals surface area (Å²) in [5.74, 6) is 0.679. The molecule has 1 N–H and O–H groups in total. The summed E-state index contributed by atoms with van der Waals surface area (Å²) in [6.45, 7) is 3.12. The van der Waals surface area contributed by atoms with E-state index in [0.717, 1.165) is 36.2 Å². The van der Waals surface area contributed by atoms with E-state index in [2.05, 4.69) is 26.1 Å². The molecular weight excluding hydrogens is 432 g/mol. The molecule has 1 aromatic rings. The summed E-state index contributed by atoms with van der Waals surface area (Å²) < 4.78 is 43.9. The zero-order chi connectivity index (χ0) is 16.2. The van der Waals surface area contributed by atoms with Crippen molar-refractivity contribution in [1.29, 1.82) is 0 Å². The molecule has 1 aromatic carbocycles. The Kier molecular flexibility index (Phi) is 10.6. The number of alkyl halides is 3. The molecular formula is C15H22BrCl2F3N2O. The van der Waals surface area contributed by atoms with Crippen LogP contribution in [-0.4, -0.2) is 44.4 Å². The normalized spacial score (nSPS) is 16.7. The van der Waals surface area contributed by atoms with Gasteiger partial charge in [-0.05, 0) is 40.0 Å². The minimum Gasteiger partial charge on any atom is -0.496 e. The topological polar surface area (TPSA) is 24.5 Å². The van der Waals surface area contributed by atoms with Crippen LogP contribution in [0.3, 0.4) is 0 Å².